The highest BCUT2D eigenvalue weighted by molar-refractivity contribution is 7.22. The molecule has 0 saturated carbocycles. The highest BCUT2D eigenvalue weighted by atomic mass is 32.1. The second-order valence-electron chi connectivity index (χ2n) is 4.23. The number of ether oxygens (including phenoxy) is 1. The van der Waals surface area contributed by atoms with Crippen LogP contribution in [-0.2, 0) is 0 Å². The molecule has 0 fully saturated rings. The van der Waals surface area contributed by atoms with Gasteiger partial charge in [-0.1, -0.05) is 12.1 Å². The molecule has 1 aromatic carbocycles. The largest absolute Gasteiger partial charge is 0.504 e. The lowest BCUT2D eigenvalue weighted by atomic mass is 10.2. The maximum absolute atomic E-state index is 11.0. The van der Waals surface area contributed by atoms with Gasteiger partial charge in [0.25, 0.3) is 0 Å². The minimum absolute atomic E-state index is 0.355. The third-order valence-corrected chi connectivity index (χ3v) is 4.05. The lowest BCUT2D eigenvalue weighted by Crippen LogP contribution is -1.99. The summed E-state index contributed by atoms with van der Waals surface area (Å²) in [6, 6.07) is 7.34. The Morgan fingerprint density at radius 1 is 1.38 bits per heavy atom. The highest BCUT2D eigenvalue weighted by Gasteiger charge is 2.18. The molecule has 3 rings (SSSR count). The van der Waals surface area contributed by atoms with Crippen LogP contribution in [0.15, 0.2) is 30.5 Å². The first-order chi connectivity index (χ1) is 10.1. The number of carboxylic acids is 1. The van der Waals surface area contributed by atoms with Crippen LogP contribution in [0.25, 0.3) is 20.8 Å². The molecule has 0 saturated heterocycles. The molecule has 0 bridgehead atoms. The number of thiazole rings is 1. The number of aromatic carboxylic acids is 1. The van der Waals surface area contributed by atoms with Crippen molar-refractivity contribution in [2.75, 3.05) is 7.11 Å². The van der Waals surface area contributed by atoms with Gasteiger partial charge < -0.3 is 14.9 Å². The molecule has 2 aromatic heterocycles. The van der Waals surface area contributed by atoms with Crippen molar-refractivity contribution in [1.29, 1.82) is 0 Å². The maximum Gasteiger partial charge on any atom is 0.358 e. The van der Waals surface area contributed by atoms with Crippen molar-refractivity contribution in [3.8, 4) is 22.1 Å². The van der Waals surface area contributed by atoms with Gasteiger partial charge in [-0.2, -0.15) is 0 Å². The average Bonchev–Trinajstić information content (AvgIpc) is 2.92. The van der Waals surface area contributed by atoms with Gasteiger partial charge in [0.15, 0.2) is 11.4 Å². The Morgan fingerprint density at radius 3 is 2.90 bits per heavy atom. The first kappa shape index (κ1) is 13.3. The van der Waals surface area contributed by atoms with E-state index in [2.05, 4.69) is 9.97 Å². The fourth-order valence-electron chi connectivity index (χ4n) is 1.92. The molecule has 3 aromatic rings. The number of pyridine rings is 1. The van der Waals surface area contributed by atoms with Crippen LogP contribution in [0.1, 0.15) is 10.5 Å². The van der Waals surface area contributed by atoms with E-state index in [4.69, 9.17) is 9.84 Å². The number of hydrogen-bond donors (Lipinski definition) is 2. The molecule has 2 heterocycles. The summed E-state index contributed by atoms with van der Waals surface area (Å²) in [5.41, 5.74) is 0.912. The van der Waals surface area contributed by atoms with Crippen molar-refractivity contribution < 1.29 is 19.7 Å². The van der Waals surface area contributed by atoms with Gasteiger partial charge in [-0.05, 0) is 12.1 Å². The number of carboxylic acid groups (broad SMARTS) is 1. The monoisotopic (exact) mass is 302 g/mol. The molecule has 0 spiro atoms. The number of aromatic hydroxyl groups is 1. The Hall–Kier alpha value is -2.67. The van der Waals surface area contributed by atoms with E-state index in [-0.39, 0.29) is 11.4 Å². The van der Waals surface area contributed by atoms with E-state index in [1.54, 1.807) is 7.11 Å². The smallest absolute Gasteiger partial charge is 0.358 e. The van der Waals surface area contributed by atoms with Crippen LogP contribution in [0.4, 0.5) is 0 Å². The zero-order valence-electron chi connectivity index (χ0n) is 10.9. The summed E-state index contributed by atoms with van der Waals surface area (Å²) in [7, 11) is 1.58. The number of nitrogens with zero attached hydrogens (tertiary/aromatic N) is 2. The molecule has 7 heteroatoms. The number of fused-ring (bicyclic) bond motifs is 1. The van der Waals surface area contributed by atoms with Crippen molar-refractivity contribution in [3.63, 3.8) is 0 Å². The molecular formula is C14H10N2O4S. The molecule has 0 atom stereocenters. The SMILES string of the molecule is COc1cccc(-c2nc3cnc(C(=O)O)c(O)c3s2)c1. The molecule has 0 aliphatic rings. The summed E-state index contributed by atoms with van der Waals surface area (Å²) in [6.45, 7) is 0. The molecule has 21 heavy (non-hydrogen) atoms. The second-order valence-corrected chi connectivity index (χ2v) is 5.22. The summed E-state index contributed by atoms with van der Waals surface area (Å²) in [6.07, 6.45) is 1.35. The van der Waals surface area contributed by atoms with Crippen LogP contribution in [0.2, 0.25) is 0 Å². The Bertz CT molecular complexity index is 844. The lowest BCUT2D eigenvalue weighted by molar-refractivity contribution is 0.0687. The zero-order valence-corrected chi connectivity index (χ0v) is 11.7. The first-order valence-electron chi connectivity index (χ1n) is 5.96. The van der Waals surface area contributed by atoms with Gasteiger partial charge in [0.2, 0.25) is 0 Å². The molecule has 0 unspecified atom stereocenters. The highest BCUT2D eigenvalue weighted by Crippen LogP contribution is 2.37. The Labute approximate surface area is 123 Å². The minimum atomic E-state index is -1.27. The summed E-state index contributed by atoms with van der Waals surface area (Å²) >= 11 is 1.21. The first-order valence-corrected chi connectivity index (χ1v) is 6.78. The number of carbonyl (C=O) groups is 1. The molecule has 0 amide bonds. The fraction of sp³-hybridized carbons (Fsp3) is 0.0714. The van der Waals surface area contributed by atoms with E-state index < -0.39 is 5.97 Å². The van der Waals surface area contributed by atoms with E-state index in [0.717, 1.165) is 5.56 Å². The topological polar surface area (TPSA) is 92.5 Å². The van der Waals surface area contributed by atoms with Crippen molar-refractivity contribution >= 4 is 27.5 Å². The van der Waals surface area contributed by atoms with Gasteiger partial charge in [0, 0.05) is 5.56 Å². The molecule has 106 valence electrons. The van der Waals surface area contributed by atoms with Crippen LogP contribution < -0.4 is 4.74 Å². The molecule has 6 nitrogen and oxygen atoms in total. The van der Waals surface area contributed by atoms with Gasteiger partial charge >= 0.3 is 5.97 Å². The van der Waals surface area contributed by atoms with E-state index in [0.29, 0.717) is 21.0 Å². The predicted octanol–water partition coefficient (Wildman–Crippen LogP) is 2.77. The van der Waals surface area contributed by atoms with Crippen LogP contribution >= 0.6 is 11.3 Å². The van der Waals surface area contributed by atoms with Crippen LogP contribution in [0.5, 0.6) is 11.5 Å². The van der Waals surface area contributed by atoms with Gasteiger partial charge in [-0.15, -0.1) is 11.3 Å². The Kier molecular flexibility index (Phi) is 3.19. The normalized spacial score (nSPS) is 10.7. The molecule has 0 aliphatic carbocycles. The average molecular weight is 302 g/mol. The van der Waals surface area contributed by atoms with Crippen molar-refractivity contribution in [1.82, 2.24) is 9.97 Å². The van der Waals surface area contributed by atoms with E-state index in [1.807, 2.05) is 24.3 Å². The van der Waals surface area contributed by atoms with E-state index >= 15 is 0 Å². The van der Waals surface area contributed by atoms with Crippen LogP contribution in [0, 0.1) is 0 Å². The van der Waals surface area contributed by atoms with Crippen molar-refractivity contribution in [2.45, 2.75) is 0 Å². The number of rotatable bonds is 3. The summed E-state index contributed by atoms with van der Waals surface area (Å²) in [5.74, 6) is -0.933. The maximum atomic E-state index is 11.0. The van der Waals surface area contributed by atoms with Crippen LogP contribution in [-0.4, -0.2) is 33.3 Å². The quantitative estimate of drug-likeness (QED) is 0.773. The lowest BCUT2D eigenvalue weighted by Gasteiger charge is -2.00. The molecule has 0 aliphatic heterocycles. The van der Waals surface area contributed by atoms with Crippen molar-refractivity contribution in [3.05, 3.63) is 36.2 Å². The van der Waals surface area contributed by atoms with E-state index in [9.17, 15) is 9.90 Å². The minimum Gasteiger partial charge on any atom is -0.504 e. The van der Waals surface area contributed by atoms with Crippen molar-refractivity contribution in [2.24, 2.45) is 0 Å². The number of hydrogen-bond acceptors (Lipinski definition) is 6. The van der Waals surface area contributed by atoms with Gasteiger partial charge in [-0.3, -0.25) is 0 Å². The Morgan fingerprint density at radius 2 is 2.19 bits per heavy atom. The molecule has 2 N–H and O–H groups in total. The number of methoxy groups -OCH3 is 1. The third-order valence-electron chi connectivity index (χ3n) is 2.93. The number of aromatic nitrogens is 2. The van der Waals surface area contributed by atoms with Gasteiger partial charge in [0.1, 0.15) is 21.0 Å². The number of benzene rings is 1. The standard InChI is InChI=1S/C14H10N2O4S/c1-20-8-4-2-3-7(5-8)13-16-9-6-15-10(14(18)19)11(17)12(9)21-13/h2-6,17H,1H3,(H,18,19). The van der Waals surface area contributed by atoms with Gasteiger partial charge in [-0.25, -0.2) is 14.8 Å². The fourth-order valence-corrected chi connectivity index (χ4v) is 2.90. The Balaban J connectivity index is 2.17. The van der Waals surface area contributed by atoms with Crippen LogP contribution in [0.3, 0.4) is 0 Å². The molecule has 0 radical (unpaired) electrons. The second kappa shape index (κ2) is 5.02. The zero-order chi connectivity index (χ0) is 15.0. The van der Waals surface area contributed by atoms with E-state index in [1.165, 1.54) is 17.5 Å². The third kappa shape index (κ3) is 2.27. The summed E-state index contributed by atoms with van der Waals surface area (Å²) < 4.78 is 5.57. The summed E-state index contributed by atoms with van der Waals surface area (Å²) in [5, 5.41) is 19.6. The van der Waals surface area contributed by atoms with Gasteiger partial charge in [0.05, 0.1) is 13.3 Å². The molecular weight excluding hydrogens is 292 g/mol. The predicted molar refractivity (Wildman–Crippen MR) is 78.0 cm³/mol. The summed E-state index contributed by atoms with van der Waals surface area (Å²) in [4.78, 5) is 19.1.